The van der Waals surface area contributed by atoms with E-state index < -0.39 is 11.5 Å². The summed E-state index contributed by atoms with van der Waals surface area (Å²) in [5, 5.41) is 0. The second kappa shape index (κ2) is 6.66. The predicted molar refractivity (Wildman–Crippen MR) is 91.4 cm³/mol. The Hall–Kier alpha value is -2.95. The monoisotopic (exact) mass is 322 g/mol. The van der Waals surface area contributed by atoms with Gasteiger partial charge in [-0.05, 0) is 31.5 Å². The predicted octanol–water partition coefficient (Wildman–Crippen LogP) is 2.77. The van der Waals surface area contributed by atoms with Gasteiger partial charge in [0.25, 0.3) is 5.56 Å². The molecule has 2 aromatic heterocycles. The Morgan fingerprint density at radius 1 is 1.17 bits per heavy atom. The molecule has 5 heteroatoms. The van der Waals surface area contributed by atoms with Crippen LogP contribution in [0.15, 0.2) is 53.5 Å². The van der Waals surface area contributed by atoms with Gasteiger partial charge in [0.05, 0.1) is 12.3 Å². The van der Waals surface area contributed by atoms with Crippen LogP contribution >= 0.6 is 0 Å². The van der Waals surface area contributed by atoms with E-state index in [0.29, 0.717) is 17.8 Å². The number of nitrogens with zero attached hydrogens (tertiary/aromatic N) is 2. The Balaban J connectivity index is 2.16. The van der Waals surface area contributed by atoms with E-state index in [4.69, 9.17) is 4.74 Å². The normalized spacial score (nSPS) is 10.8. The number of hydrogen-bond donors (Lipinski definition) is 0. The number of benzene rings is 1. The molecular formula is C19H18N2O3. The maximum atomic E-state index is 12.7. The van der Waals surface area contributed by atoms with Gasteiger partial charge in [0, 0.05) is 12.6 Å². The van der Waals surface area contributed by atoms with Gasteiger partial charge >= 0.3 is 5.97 Å². The van der Waals surface area contributed by atoms with Gasteiger partial charge in [-0.15, -0.1) is 0 Å². The fraction of sp³-hybridized carbons (Fsp3) is 0.211. The third kappa shape index (κ3) is 3.06. The molecule has 0 spiro atoms. The van der Waals surface area contributed by atoms with E-state index in [0.717, 1.165) is 11.1 Å². The highest BCUT2D eigenvalue weighted by Crippen LogP contribution is 2.13. The number of esters is 1. The van der Waals surface area contributed by atoms with Crippen LogP contribution in [0.1, 0.15) is 34.1 Å². The molecule has 2 heterocycles. The first-order valence-corrected chi connectivity index (χ1v) is 7.83. The van der Waals surface area contributed by atoms with Crippen molar-refractivity contribution in [2.75, 3.05) is 6.61 Å². The van der Waals surface area contributed by atoms with Crippen LogP contribution in [0.2, 0.25) is 0 Å². The molecule has 0 saturated carbocycles. The van der Waals surface area contributed by atoms with Gasteiger partial charge < -0.3 is 4.74 Å². The summed E-state index contributed by atoms with van der Waals surface area (Å²) >= 11 is 0. The van der Waals surface area contributed by atoms with Crippen molar-refractivity contribution >= 4 is 11.6 Å². The summed E-state index contributed by atoms with van der Waals surface area (Å²) in [7, 11) is 0. The molecule has 122 valence electrons. The van der Waals surface area contributed by atoms with Gasteiger partial charge in [-0.25, -0.2) is 9.78 Å². The fourth-order valence-electron chi connectivity index (χ4n) is 2.57. The fourth-order valence-corrected chi connectivity index (χ4v) is 2.57. The van der Waals surface area contributed by atoms with Crippen LogP contribution < -0.4 is 5.56 Å². The van der Waals surface area contributed by atoms with E-state index in [1.54, 1.807) is 25.3 Å². The van der Waals surface area contributed by atoms with Crippen molar-refractivity contribution in [1.29, 1.82) is 0 Å². The van der Waals surface area contributed by atoms with Crippen molar-refractivity contribution in [3.05, 3.63) is 81.4 Å². The molecule has 3 rings (SSSR count). The van der Waals surface area contributed by atoms with Crippen LogP contribution in [-0.4, -0.2) is 22.0 Å². The van der Waals surface area contributed by atoms with E-state index in [1.807, 2.05) is 37.3 Å². The first-order valence-electron chi connectivity index (χ1n) is 7.83. The molecule has 0 unspecified atom stereocenters. The summed E-state index contributed by atoms with van der Waals surface area (Å²) in [6.45, 7) is 3.93. The van der Waals surface area contributed by atoms with Gasteiger partial charge in [-0.1, -0.05) is 35.9 Å². The SMILES string of the molecule is CCOC(=O)c1c(Cc2ccc(C)cc2)nc2ccccn2c1=O. The zero-order chi connectivity index (χ0) is 17.1. The van der Waals surface area contributed by atoms with E-state index >= 15 is 0 Å². The molecule has 0 radical (unpaired) electrons. The highest BCUT2D eigenvalue weighted by Gasteiger charge is 2.21. The van der Waals surface area contributed by atoms with E-state index in [-0.39, 0.29) is 12.2 Å². The Labute approximate surface area is 139 Å². The molecular weight excluding hydrogens is 304 g/mol. The van der Waals surface area contributed by atoms with Crippen molar-refractivity contribution < 1.29 is 9.53 Å². The van der Waals surface area contributed by atoms with Gasteiger partial charge in [-0.3, -0.25) is 9.20 Å². The van der Waals surface area contributed by atoms with E-state index in [2.05, 4.69) is 4.98 Å². The Morgan fingerprint density at radius 3 is 2.62 bits per heavy atom. The summed E-state index contributed by atoms with van der Waals surface area (Å²) in [5.74, 6) is -0.629. The molecule has 3 aromatic rings. The summed E-state index contributed by atoms with van der Waals surface area (Å²) in [4.78, 5) is 29.5. The largest absolute Gasteiger partial charge is 0.462 e. The lowest BCUT2D eigenvalue weighted by atomic mass is 10.0. The Bertz CT molecular complexity index is 943. The van der Waals surface area contributed by atoms with Crippen LogP contribution in [-0.2, 0) is 11.2 Å². The summed E-state index contributed by atoms with van der Waals surface area (Å²) in [6.07, 6.45) is 2.00. The van der Waals surface area contributed by atoms with Crippen molar-refractivity contribution in [1.82, 2.24) is 9.38 Å². The molecule has 0 aliphatic heterocycles. The van der Waals surface area contributed by atoms with Crippen molar-refractivity contribution in [3.8, 4) is 0 Å². The smallest absolute Gasteiger partial charge is 0.345 e. The summed E-state index contributed by atoms with van der Waals surface area (Å²) < 4.78 is 6.43. The van der Waals surface area contributed by atoms with E-state index in [1.165, 1.54) is 4.40 Å². The molecule has 0 N–H and O–H groups in total. The first kappa shape index (κ1) is 15.9. The van der Waals surface area contributed by atoms with Crippen LogP contribution in [0, 0.1) is 6.92 Å². The molecule has 0 aliphatic carbocycles. The number of carbonyl (C=O) groups is 1. The highest BCUT2D eigenvalue weighted by molar-refractivity contribution is 5.90. The molecule has 24 heavy (non-hydrogen) atoms. The third-order valence-corrected chi connectivity index (χ3v) is 3.78. The van der Waals surface area contributed by atoms with Gasteiger partial charge in [0.1, 0.15) is 11.2 Å². The third-order valence-electron chi connectivity index (χ3n) is 3.78. The zero-order valence-electron chi connectivity index (χ0n) is 13.7. The highest BCUT2D eigenvalue weighted by atomic mass is 16.5. The zero-order valence-corrected chi connectivity index (χ0v) is 13.7. The minimum atomic E-state index is -0.629. The number of pyridine rings is 1. The molecule has 5 nitrogen and oxygen atoms in total. The Kier molecular flexibility index (Phi) is 4.42. The average molecular weight is 322 g/mol. The lowest BCUT2D eigenvalue weighted by Gasteiger charge is -2.10. The maximum absolute atomic E-state index is 12.7. The minimum absolute atomic E-state index is 0.00104. The van der Waals surface area contributed by atoms with Crippen molar-refractivity contribution in [2.45, 2.75) is 20.3 Å². The van der Waals surface area contributed by atoms with Crippen LogP contribution in [0.25, 0.3) is 5.65 Å². The van der Waals surface area contributed by atoms with Gasteiger partial charge in [0.2, 0.25) is 0 Å². The second-order valence-corrected chi connectivity index (χ2v) is 5.55. The molecule has 0 amide bonds. The standard InChI is InChI=1S/C19H18N2O3/c1-3-24-19(23)17-15(12-14-9-7-13(2)8-10-14)20-16-6-4-5-11-21(16)18(17)22/h4-11H,3,12H2,1-2H3. The molecule has 0 bridgehead atoms. The van der Waals surface area contributed by atoms with Crippen LogP contribution in [0.3, 0.4) is 0 Å². The minimum Gasteiger partial charge on any atom is -0.462 e. The molecule has 0 aliphatic rings. The topological polar surface area (TPSA) is 60.7 Å². The lowest BCUT2D eigenvalue weighted by molar-refractivity contribution is 0.0522. The summed E-state index contributed by atoms with van der Waals surface area (Å²) in [5.41, 5.74) is 2.68. The van der Waals surface area contributed by atoms with Crippen LogP contribution in [0.5, 0.6) is 0 Å². The average Bonchev–Trinajstić information content (AvgIpc) is 2.57. The number of fused-ring (bicyclic) bond motifs is 1. The number of carbonyl (C=O) groups excluding carboxylic acids is 1. The maximum Gasteiger partial charge on any atom is 0.345 e. The number of aromatic nitrogens is 2. The molecule has 0 atom stereocenters. The molecule has 1 aromatic carbocycles. The van der Waals surface area contributed by atoms with Gasteiger partial charge in [-0.2, -0.15) is 0 Å². The lowest BCUT2D eigenvalue weighted by Crippen LogP contribution is -2.27. The molecule has 0 fully saturated rings. The van der Waals surface area contributed by atoms with E-state index in [9.17, 15) is 9.59 Å². The number of hydrogen-bond acceptors (Lipinski definition) is 4. The van der Waals surface area contributed by atoms with Crippen molar-refractivity contribution in [2.24, 2.45) is 0 Å². The van der Waals surface area contributed by atoms with Gasteiger partial charge in [0.15, 0.2) is 0 Å². The Morgan fingerprint density at radius 2 is 1.92 bits per heavy atom. The quantitative estimate of drug-likeness (QED) is 0.693. The number of ether oxygens (including phenoxy) is 1. The van der Waals surface area contributed by atoms with Crippen LogP contribution in [0.4, 0.5) is 0 Å². The summed E-state index contributed by atoms with van der Waals surface area (Å²) in [6, 6.07) is 13.2. The van der Waals surface area contributed by atoms with Crippen molar-refractivity contribution in [3.63, 3.8) is 0 Å². The molecule has 0 saturated heterocycles. The number of aryl methyl sites for hydroxylation is 1. The second-order valence-electron chi connectivity index (χ2n) is 5.55. The number of rotatable bonds is 4. The first-order chi connectivity index (χ1) is 11.6.